The zero-order valence-corrected chi connectivity index (χ0v) is 14.2. The fourth-order valence-corrected chi connectivity index (χ4v) is 2.47. The molecule has 0 spiro atoms. The predicted octanol–water partition coefficient (Wildman–Crippen LogP) is 4.85. The van der Waals surface area contributed by atoms with E-state index in [2.05, 4.69) is 31.8 Å². The first-order chi connectivity index (χ1) is 9.85. The lowest BCUT2D eigenvalue weighted by Crippen LogP contribution is -2.03. The third-order valence-corrected chi connectivity index (χ3v) is 3.99. The maximum Gasteiger partial charge on any atom is 0.136 e. The molecule has 1 aromatic carbocycles. The minimum absolute atomic E-state index is 0.238. The van der Waals surface area contributed by atoms with E-state index in [1.54, 1.807) is 7.11 Å². The number of benzene rings is 1. The molecule has 3 nitrogen and oxygen atoms in total. The molecular weight excluding hydrogens is 284 g/mol. The molecule has 112 valence electrons. The SMILES string of the molecule is COc1cc(C)c(-c2nc(C(C)C)nc(Cl)c2C)cc1C. The van der Waals surface area contributed by atoms with Crippen LogP contribution in [0.5, 0.6) is 5.75 Å². The van der Waals surface area contributed by atoms with Crippen molar-refractivity contribution in [2.45, 2.75) is 40.5 Å². The van der Waals surface area contributed by atoms with Crippen molar-refractivity contribution in [3.8, 4) is 17.0 Å². The van der Waals surface area contributed by atoms with Gasteiger partial charge in [0.15, 0.2) is 0 Å². The normalized spacial score (nSPS) is 11.0. The summed E-state index contributed by atoms with van der Waals surface area (Å²) in [7, 11) is 1.69. The van der Waals surface area contributed by atoms with Crippen LogP contribution in [0.4, 0.5) is 0 Å². The van der Waals surface area contributed by atoms with Crippen LogP contribution in [0.15, 0.2) is 12.1 Å². The summed E-state index contributed by atoms with van der Waals surface area (Å²) >= 11 is 6.29. The molecule has 0 aliphatic heterocycles. The van der Waals surface area contributed by atoms with E-state index in [9.17, 15) is 0 Å². The number of aromatic nitrogens is 2. The Labute approximate surface area is 131 Å². The van der Waals surface area contributed by atoms with Gasteiger partial charge in [0.2, 0.25) is 0 Å². The maximum atomic E-state index is 6.29. The molecule has 1 aromatic heterocycles. The molecule has 0 amide bonds. The lowest BCUT2D eigenvalue weighted by molar-refractivity contribution is 0.411. The van der Waals surface area contributed by atoms with Crippen molar-refractivity contribution in [1.29, 1.82) is 0 Å². The van der Waals surface area contributed by atoms with Gasteiger partial charge in [-0.2, -0.15) is 0 Å². The van der Waals surface area contributed by atoms with Gasteiger partial charge in [0.05, 0.1) is 12.8 Å². The number of aryl methyl sites for hydroxylation is 2. The van der Waals surface area contributed by atoms with Crippen LogP contribution in [0, 0.1) is 20.8 Å². The Kier molecular flexibility index (Phi) is 4.52. The van der Waals surface area contributed by atoms with E-state index in [0.717, 1.165) is 39.5 Å². The first kappa shape index (κ1) is 15.8. The molecule has 0 radical (unpaired) electrons. The van der Waals surface area contributed by atoms with Crippen molar-refractivity contribution < 1.29 is 4.74 Å². The number of rotatable bonds is 3. The number of nitrogens with zero attached hydrogens (tertiary/aromatic N) is 2. The topological polar surface area (TPSA) is 35.0 Å². The second-order valence-corrected chi connectivity index (χ2v) is 6.00. The van der Waals surface area contributed by atoms with Crippen molar-refractivity contribution in [2.75, 3.05) is 7.11 Å². The summed E-state index contributed by atoms with van der Waals surface area (Å²) in [5.74, 6) is 1.90. The zero-order chi connectivity index (χ0) is 15.7. The number of halogens is 1. The molecule has 0 unspecified atom stereocenters. The van der Waals surface area contributed by atoms with Gasteiger partial charge < -0.3 is 4.74 Å². The lowest BCUT2D eigenvalue weighted by Gasteiger charge is -2.15. The fourth-order valence-electron chi connectivity index (χ4n) is 2.29. The quantitative estimate of drug-likeness (QED) is 0.760. The lowest BCUT2D eigenvalue weighted by atomic mass is 9.99. The monoisotopic (exact) mass is 304 g/mol. The Morgan fingerprint density at radius 3 is 2.29 bits per heavy atom. The highest BCUT2D eigenvalue weighted by Crippen LogP contribution is 2.33. The summed E-state index contributed by atoms with van der Waals surface area (Å²) in [6, 6.07) is 4.14. The van der Waals surface area contributed by atoms with Gasteiger partial charge in [0.1, 0.15) is 16.7 Å². The molecule has 0 bridgehead atoms. The summed E-state index contributed by atoms with van der Waals surface area (Å²) in [5.41, 5.74) is 5.09. The van der Waals surface area contributed by atoms with E-state index in [4.69, 9.17) is 21.3 Å². The minimum Gasteiger partial charge on any atom is -0.496 e. The molecule has 4 heteroatoms. The molecule has 0 saturated carbocycles. The van der Waals surface area contributed by atoms with Crippen molar-refractivity contribution in [2.24, 2.45) is 0 Å². The molecule has 0 saturated heterocycles. The Hall–Kier alpha value is -1.61. The van der Waals surface area contributed by atoms with Gasteiger partial charge in [-0.3, -0.25) is 0 Å². The number of ether oxygens (including phenoxy) is 1. The van der Waals surface area contributed by atoms with Crippen LogP contribution in [0.1, 0.15) is 42.3 Å². The van der Waals surface area contributed by atoms with Crippen LogP contribution < -0.4 is 4.74 Å². The second-order valence-electron chi connectivity index (χ2n) is 5.64. The molecule has 0 fully saturated rings. The van der Waals surface area contributed by atoms with E-state index >= 15 is 0 Å². The summed E-state index contributed by atoms with van der Waals surface area (Å²) in [6.45, 7) is 10.2. The van der Waals surface area contributed by atoms with Crippen LogP contribution in [-0.2, 0) is 0 Å². The van der Waals surface area contributed by atoms with Crippen LogP contribution in [-0.4, -0.2) is 17.1 Å². The van der Waals surface area contributed by atoms with Crippen molar-refractivity contribution >= 4 is 11.6 Å². The number of hydrogen-bond donors (Lipinski definition) is 0. The van der Waals surface area contributed by atoms with Gasteiger partial charge in [-0.1, -0.05) is 25.4 Å². The van der Waals surface area contributed by atoms with Gasteiger partial charge in [0, 0.05) is 17.0 Å². The van der Waals surface area contributed by atoms with Crippen LogP contribution in [0.2, 0.25) is 5.15 Å². The Morgan fingerprint density at radius 2 is 1.71 bits per heavy atom. The van der Waals surface area contributed by atoms with Crippen molar-refractivity contribution in [3.63, 3.8) is 0 Å². The van der Waals surface area contributed by atoms with E-state index in [1.807, 2.05) is 19.9 Å². The largest absolute Gasteiger partial charge is 0.496 e. The van der Waals surface area contributed by atoms with Crippen molar-refractivity contribution in [3.05, 3.63) is 39.8 Å². The summed E-state index contributed by atoms with van der Waals surface area (Å²) in [6.07, 6.45) is 0. The van der Waals surface area contributed by atoms with Crippen molar-refractivity contribution in [1.82, 2.24) is 9.97 Å². The third kappa shape index (κ3) is 3.03. The van der Waals surface area contributed by atoms with Gasteiger partial charge in [-0.15, -0.1) is 0 Å². The van der Waals surface area contributed by atoms with E-state index in [1.165, 1.54) is 0 Å². The average molecular weight is 305 g/mol. The van der Waals surface area contributed by atoms with Gasteiger partial charge in [-0.25, -0.2) is 9.97 Å². The van der Waals surface area contributed by atoms with Crippen LogP contribution in [0.25, 0.3) is 11.3 Å². The third-order valence-electron chi connectivity index (χ3n) is 3.62. The highest BCUT2D eigenvalue weighted by atomic mass is 35.5. The molecule has 2 rings (SSSR count). The van der Waals surface area contributed by atoms with Gasteiger partial charge in [0.25, 0.3) is 0 Å². The number of methoxy groups -OCH3 is 1. The van der Waals surface area contributed by atoms with Gasteiger partial charge in [-0.05, 0) is 44.0 Å². The standard InChI is InChI=1S/C17H21ClN2O/c1-9(2)17-19-15(12(5)16(18)20-17)13-7-11(4)14(21-6)8-10(13)3/h7-9H,1-6H3. The fraction of sp³-hybridized carbons (Fsp3) is 0.412. The predicted molar refractivity (Wildman–Crippen MR) is 87.3 cm³/mol. The minimum atomic E-state index is 0.238. The molecule has 0 N–H and O–H groups in total. The summed E-state index contributed by atoms with van der Waals surface area (Å²) in [4.78, 5) is 9.10. The molecule has 2 aromatic rings. The smallest absolute Gasteiger partial charge is 0.136 e. The second kappa shape index (κ2) is 6.02. The molecular formula is C17H21ClN2O. The van der Waals surface area contributed by atoms with E-state index in [0.29, 0.717) is 5.15 Å². The van der Waals surface area contributed by atoms with Crippen LogP contribution in [0.3, 0.4) is 0 Å². The van der Waals surface area contributed by atoms with Crippen LogP contribution >= 0.6 is 11.6 Å². The highest BCUT2D eigenvalue weighted by molar-refractivity contribution is 6.30. The zero-order valence-electron chi connectivity index (χ0n) is 13.4. The summed E-state index contributed by atoms with van der Waals surface area (Å²) in [5, 5.41) is 0.525. The number of hydrogen-bond acceptors (Lipinski definition) is 3. The Bertz CT molecular complexity index is 681. The Morgan fingerprint density at radius 1 is 1.05 bits per heavy atom. The molecule has 21 heavy (non-hydrogen) atoms. The Balaban J connectivity index is 2.69. The van der Waals surface area contributed by atoms with Gasteiger partial charge >= 0.3 is 0 Å². The van der Waals surface area contributed by atoms with E-state index in [-0.39, 0.29) is 5.92 Å². The maximum absolute atomic E-state index is 6.29. The van der Waals surface area contributed by atoms with E-state index < -0.39 is 0 Å². The first-order valence-corrected chi connectivity index (χ1v) is 7.42. The summed E-state index contributed by atoms with van der Waals surface area (Å²) < 4.78 is 5.37. The molecule has 0 aliphatic rings. The molecule has 1 heterocycles. The molecule has 0 atom stereocenters. The molecule has 0 aliphatic carbocycles. The first-order valence-electron chi connectivity index (χ1n) is 7.04. The highest BCUT2D eigenvalue weighted by Gasteiger charge is 2.16. The average Bonchev–Trinajstić information content (AvgIpc) is 2.43.